The molecule has 0 fully saturated rings. The fourth-order valence-electron chi connectivity index (χ4n) is 2.17. The van der Waals surface area contributed by atoms with E-state index in [4.69, 9.17) is 10.5 Å². The van der Waals surface area contributed by atoms with Crippen molar-refractivity contribution in [2.45, 2.75) is 32.4 Å². The number of aliphatic hydroxyl groups is 1. The van der Waals surface area contributed by atoms with E-state index in [9.17, 15) is 5.11 Å². The van der Waals surface area contributed by atoms with Crippen LogP contribution in [0.3, 0.4) is 0 Å². The summed E-state index contributed by atoms with van der Waals surface area (Å²) < 4.78 is 5.36. The molecule has 0 radical (unpaired) electrons. The Bertz CT molecular complexity index is 397. The van der Waals surface area contributed by atoms with E-state index in [2.05, 4.69) is 0 Å². The highest BCUT2D eigenvalue weighted by Crippen LogP contribution is 2.33. The maximum absolute atomic E-state index is 9.90. The Morgan fingerprint density at radius 2 is 2.06 bits per heavy atom. The van der Waals surface area contributed by atoms with Gasteiger partial charge < -0.3 is 20.5 Å². The van der Waals surface area contributed by atoms with Gasteiger partial charge in [-0.15, -0.1) is 0 Å². The van der Waals surface area contributed by atoms with Gasteiger partial charge >= 0.3 is 0 Å². The Hall–Kier alpha value is -1.26. The quantitative estimate of drug-likeness (QED) is 0.840. The fourth-order valence-corrected chi connectivity index (χ4v) is 2.17. The maximum atomic E-state index is 9.90. The van der Waals surface area contributed by atoms with E-state index in [1.807, 2.05) is 37.1 Å². The minimum atomic E-state index is -0.757. The largest absolute Gasteiger partial charge is 0.496 e. The number of methoxy groups -OCH3 is 1. The van der Waals surface area contributed by atoms with Crippen molar-refractivity contribution < 1.29 is 9.84 Å². The van der Waals surface area contributed by atoms with Gasteiger partial charge in [-0.05, 0) is 32.9 Å². The molecular formula is C14H24N2O2. The number of benzene rings is 1. The summed E-state index contributed by atoms with van der Waals surface area (Å²) in [6.07, 6.45) is 0. The van der Waals surface area contributed by atoms with Crippen molar-refractivity contribution in [2.24, 2.45) is 5.73 Å². The molecule has 1 aromatic carbocycles. The van der Waals surface area contributed by atoms with Crippen molar-refractivity contribution in [3.8, 4) is 5.75 Å². The van der Waals surface area contributed by atoms with Gasteiger partial charge in [-0.3, -0.25) is 0 Å². The molecule has 1 aromatic rings. The molecule has 4 heteroatoms. The molecule has 3 N–H and O–H groups in total. The number of hydrogen-bond donors (Lipinski definition) is 2. The summed E-state index contributed by atoms with van der Waals surface area (Å²) in [4.78, 5) is 2.00. The topological polar surface area (TPSA) is 58.7 Å². The molecule has 0 aliphatic heterocycles. The lowest BCUT2D eigenvalue weighted by molar-refractivity contribution is 0.0885. The lowest BCUT2D eigenvalue weighted by Crippen LogP contribution is -2.37. The Labute approximate surface area is 109 Å². The van der Waals surface area contributed by atoms with Crippen LogP contribution in [0.25, 0.3) is 0 Å². The molecule has 0 saturated heterocycles. The van der Waals surface area contributed by atoms with Crippen LogP contribution in [-0.2, 0) is 0 Å². The monoisotopic (exact) mass is 252 g/mol. The van der Waals surface area contributed by atoms with E-state index in [1.165, 1.54) is 0 Å². The first-order valence-electron chi connectivity index (χ1n) is 6.12. The number of rotatable bonds is 5. The van der Waals surface area contributed by atoms with Gasteiger partial charge in [0.1, 0.15) is 5.75 Å². The average molecular weight is 252 g/mol. The van der Waals surface area contributed by atoms with E-state index in [0.717, 1.165) is 17.0 Å². The Morgan fingerprint density at radius 1 is 1.44 bits per heavy atom. The van der Waals surface area contributed by atoms with Gasteiger partial charge in [-0.2, -0.15) is 0 Å². The van der Waals surface area contributed by atoms with Gasteiger partial charge in [-0.1, -0.05) is 6.07 Å². The zero-order chi connectivity index (χ0) is 13.9. The second-order valence-corrected chi connectivity index (χ2v) is 5.35. The van der Waals surface area contributed by atoms with Crippen LogP contribution in [0.5, 0.6) is 5.75 Å². The van der Waals surface area contributed by atoms with Crippen LogP contribution in [0.4, 0.5) is 5.69 Å². The molecule has 0 unspecified atom stereocenters. The molecular weight excluding hydrogens is 228 g/mol. The zero-order valence-corrected chi connectivity index (χ0v) is 11.9. The zero-order valence-electron chi connectivity index (χ0n) is 11.9. The second-order valence-electron chi connectivity index (χ2n) is 5.35. The minimum absolute atomic E-state index is 0.125. The molecule has 0 amide bonds. The summed E-state index contributed by atoms with van der Waals surface area (Å²) in [6, 6.07) is 5.70. The van der Waals surface area contributed by atoms with Gasteiger partial charge in [0.2, 0.25) is 0 Å². The lowest BCUT2D eigenvalue weighted by Gasteiger charge is -2.30. The number of hydrogen-bond acceptors (Lipinski definition) is 4. The highest BCUT2D eigenvalue weighted by molar-refractivity contribution is 5.60. The number of nitrogens with two attached hydrogens (primary N) is 1. The number of likely N-dealkylation sites (N-methyl/N-ethyl adjacent to an activating group) is 1. The van der Waals surface area contributed by atoms with Crippen molar-refractivity contribution in [3.05, 3.63) is 23.8 Å². The predicted molar refractivity (Wildman–Crippen MR) is 75.2 cm³/mol. The summed E-state index contributed by atoms with van der Waals surface area (Å²) in [5.41, 5.74) is 7.22. The predicted octanol–water partition coefficient (Wildman–Crippen LogP) is 1.92. The molecule has 0 aliphatic rings. The number of anilines is 1. The first kappa shape index (κ1) is 14.8. The minimum Gasteiger partial charge on any atom is -0.496 e. The van der Waals surface area contributed by atoms with Crippen LogP contribution in [-0.4, -0.2) is 31.4 Å². The fraction of sp³-hybridized carbons (Fsp3) is 0.571. The van der Waals surface area contributed by atoms with Crippen LogP contribution >= 0.6 is 0 Å². The van der Waals surface area contributed by atoms with Crippen molar-refractivity contribution >= 4 is 5.69 Å². The standard InChI is InChI=1S/C14H24N2O2/c1-10(15)13-11(7-6-8-12(13)18-5)16(4)9-14(2,3)17/h6-8,10,17H,9,15H2,1-5H3/t10-/m1/s1. The third kappa shape index (κ3) is 3.62. The average Bonchev–Trinajstić information content (AvgIpc) is 2.25. The molecule has 0 saturated carbocycles. The third-order valence-corrected chi connectivity index (χ3v) is 2.75. The van der Waals surface area contributed by atoms with Gasteiger partial charge in [0.05, 0.1) is 12.7 Å². The van der Waals surface area contributed by atoms with Crippen molar-refractivity contribution in [3.63, 3.8) is 0 Å². The summed E-state index contributed by atoms with van der Waals surface area (Å²) in [7, 11) is 3.58. The normalized spacial score (nSPS) is 13.3. The van der Waals surface area contributed by atoms with Crippen LogP contribution < -0.4 is 15.4 Å². The molecule has 0 aliphatic carbocycles. The summed E-state index contributed by atoms with van der Waals surface area (Å²) >= 11 is 0. The molecule has 0 aromatic heterocycles. The summed E-state index contributed by atoms with van der Waals surface area (Å²) in [5.74, 6) is 0.782. The molecule has 1 rings (SSSR count). The second kappa shape index (κ2) is 5.59. The van der Waals surface area contributed by atoms with Crippen LogP contribution in [0, 0.1) is 0 Å². The summed E-state index contributed by atoms with van der Waals surface area (Å²) in [5, 5.41) is 9.90. The molecule has 4 nitrogen and oxygen atoms in total. The number of ether oxygens (including phenoxy) is 1. The SMILES string of the molecule is COc1cccc(N(C)CC(C)(C)O)c1[C@@H](C)N. The third-order valence-electron chi connectivity index (χ3n) is 2.75. The Kier molecular flexibility index (Phi) is 4.59. The van der Waals surface area contributed by atoms with E-state index in [-0.39, 0.29) is 6.04 Å². The van der Waals surface area contributed by atoms with Crippen molar-refractivity contribution in [2.75, 3.05) is 25.6 Å². The highest BCUT2D eigenvalue weighted by Gasteiger charge is 2.20. The van der Waals surface area contributed by atoms with Crippen LogP contribution in [0.1, 0.15) is 32.4 Å². The number of nitrogens with zero attached hydrogens (tertiary/aromatic N) is 1. The highest BCUT2D eigenvalue weighted by atomic mass is 16.5. The molecule has 0 bridgehead atoms. The van der Waals surface area contributed by atoms with Gasteiger partial charge in [-0.25, -0.2) is 0 Å². The van der Waals surface area contributed by atoms with Crippen LogP contribution in [0.2, 0.25) is 0 Å². The van der Waals surface area contributed by atoms with E-state index in [1.54, 1.807) is 21.0 Å². The molecule has 18 heavy (non-hydrogen) atoms. The van der Waals surface area contributed by atoms with Crippen molar-refractivity contribution in [1.82, 2.24) is 0 Å². The maximum Gasteiger partial charge on any atom is 0.125 e. The first-order chi connectivity index (χ1) is 8.26. The van der Waals surface area contributed by atoms with Gasteiger partial charge in [0.15, 0.2) is 0 Å². The molecule has 0 heterocycles. The Morgan fingerprint density at radius 3 is 2.50 bits per heavy atom. The van der Waals surface area contributed by atoms with Crippen molar-refractivity contribution in [1.29, 1.82) is 0 Å². The van der Waals surface area contributed by atoms with E-state index in [0.29, 0.717) is 6.54 Å². The lowest BCUT2D eigenvalue weighted by atomic mass is 10.0. The Balaban J connectivity index is 3.15. The van der Waals surface area contributed by atoms with E-state index < -0.39 is 5.60 Å². The smallest absolute Gasteiger partial charge is 0.125 e. The van der Waals surface area contributed by atoms with Gasteiger partial charge in [0, 0.05) is 30.9 Å². The molecule has 1 atom stereocenters. The molecule has 102 valence electrons. The first-order valence-corrected chi connectivity index (χ1v) is 6.12. The van der Waals surface area contributed by atoms with Gasteiger partial charge in [0.25, 0.3) is 0 Å². The summed E-state index contributed by atoms with van der Waals surface area (Å²) in [6.45, 7) is 6.03. The van der Waals surface area contributed by atoms with Crippen LogP contribution in [0.15, 0.2) is 18.2 Å². The van der Waals surface area contributed by atoms with E-state index >= 15 is 0 Å². The molecule has 0 spiro atoms.